The molecular formula is C21H14F2O. The summed E-state index contributed by atoms with van der Waals surface area (Å²) in [7, 11) is 0. The molecule has 0 saturated heterocycles. The van der Waals surface area contributed by atoms with Crippen LogP contribution in [0, 0.1) is 24.0 Å². The van der Waals surface area contributed by atoms with E-state index in [1.54, 1.807) is 24.3 Å². The third-order valence-electron chi connectivity index (χ3n) is 3.65. The lowest BCUT2D eigenvalue weighted by Crippen LogP contribution is -2.00. The second kappa shape index (κ2) is 6.97. The Bertz CT molecular complexity index is 878. The minimum absolute atomic E-state index is 0.111. The highest BCUT2D eigenvalue weighted by Gasteiger charge is 2.15. The topological polar surface area (TPSA) is 9.23 Å². The van der Waals surface area contributed by atoms with Crippen LogP contribution in [0.1, 0.15) is 11.1 Å². The Balaban J connectivity index is 1.84. The first-order valence-electron chi connectivity index (χ1n) is 7.41. The van der Waals surface area contributed by atoms with Gasteiger partial charge in [0.15, 0.2) is 11.6 Å². The molecule has 0 aliphatic carbocycles. The molecule has 1 nitrogen and oxygen atoms in total. The Morgan fingerprint density at radius 3 is 2.21 bits per heavy atom. The van der Waals surface area contributed by atoms with Gasteiger partial charge in [-0.15, -0.1) is 6.42 Å². The summed E-state index contributed by atoms with van der Waals surface area (Å²) in [5, 5.41) is 0. The quantitative estimate of drug-likeness (QED) is 0.601. The molecule has 3 aromatic rings. The normalized spacial score (nSPS) is 10.2. The Morgan fingerprint density at radius 1 is 0.833 bits per heavy atom. The van der Waals surface area contributed by atoms with E-state index in [2.05, 4.69) is 5.92 Å². The Kier molecular flexibility index (Phi) is 4.58. The Labute approximate surface area is 139 Å². The molecular weight excluding hydrogens is 306 g/mol. The van der Waals surface area contributed by atoms with Crippen LogP contribution in [-0.4, -0.2) is 0 Å². The smallest absolute Gasteiger partial charge is 0.201 e. The zero-order valence-corrected chi connectivity index (χ0v) is 12.8. The number of benzene rings is 3. The maximum atomic E-state index is 14.4. The average molecular weight is 320 g/mol. The molecule has 3 heteroatoms. The highest BCUT2D eigenvalue weighted by atomic mass is 19.2. The van der Waals surface area contributed by atoms with E-state index in [1.165, 1.54) is 12.1 Å². The zero-order chi connectivity index (χ0) is 16.9. The number of hydrogen-bond donors (Lipinski definition) is 0. The molecule has 3 rings (SSSR count). The molecule has 0 radical (unpaired) electrons. The predicted molar refractivity (Wildman–Crippen MR) is 90.5 cm³/mol. The molecule has 0 aromatic heterocycles. The van der Waals surface area contributed by atoms with Gasteiger partial charge in [-0.1, -0.05) is 48.4 Å². The molecule has 0 heterocycles. The van der Waals surface area contributed by atoms with Crippen LogP contribution >= 0.6 is 0 Å². The van der Waals surface area contributed by atoms with Gasteiger partial charge in [-0.3, -0.25) is 0 Å². The van der Waals surface area contributed by atoms with Crippen LogP contribution in [0.4, 0.5) is 8.78 Å². The molecule has 0 saturated carbocycles. The maximum Gasteiger partial charge on any atom is 0.201 e. The summed E-state index contributed by atoms with van der Waals surface area (Å²) in [5.74, 6) is 0.442. The summed E-state index contributed by atoms with van der Waals surface area (Å²) >= 11 is 0. The van der Waals surface area contributed by atoms with Crippen LogP contribution in [0.15, 0.2) is 66.7 Å². The van der Waals surface area contributed by atoms with E-state index in [4.69, 9.17) is 11.2 Å². The number of ether oxygens (including phenoxy) is 1. The summed E-state index contributed by atoms with van der Waals surface area (Å²) in [4.78, 5) is 0. The average Bonchev–Trinajstić information content (AvgIpc) is 2.64. The van der Waals surface area contributed by atoms with Gasteiger partial charge in [0.1, 0.15) is 6.61 Å². The van der Waals surface area contributed by atoms with Gasteiger partial charge in [0.25, 0.3) is 0 Å². The molecule has 3 aromatic carbocycles. The second-order valence-corrected chi connectivity index (χ2v) is 5.24. The van der Waals surface area contributed by atoms with Crippen molar-refractivity contribution >= 4 is 0 Å². The minimum atomic E-state index is -0.996. The summed E-state index contributed by atoms with van der Waals surface area (Å²) in [6.07, 6.45) is 5.29. The van der Waals surface area contributed by atoms with E-state index >= 15 is 0 Å². The molecule has 0 fully saturated rings. The summed E-state index contributed by atoms with van der Waals surface area (Å²) in [6, 6.07) is 19.0. The van der Waals surface area contributed by atoms with E-state index in [1.807, 2.05) is 30.3 Å². The molecule has 0 N–H and O–H groups in total. The first-order valence-corrected chi connectivity index (χ1v) is 7.41. The van der Waals surface area contributed by atoms with Crippen molar-refractivity contribution in [1.29, 1.82) is 0 Å². The molecule has 0 bridgehead atoms. The van der Waals surface area contributed by atoms with Crippen molar-refractivity contribution in [3.8, 4) is 29.2 Å². The zero-order valence-electron chi connectivity index (χ0n) is 12.8. The van der Waals surface area contributed by atoms with Gasteiger partial charge in [-0.05, 0) is 35.4 Å². The van der Waals surface area contributed by atoms with Gasteiger partial charge >= 0.3 is 0 Å². The molecule has 0 spiro atoms. The predicted octanol–water partition coefficient (Wildman–Crippen LogP) is 5.19. The van der Waals surface area contributed by atoms with Crippen LogP contribution in [-0.2, 0) is 6.61 Å². The molecule has 118 valence electrons. The molecule has 0 unspecified atom stereocenters. The monoisotopic (exact) mass is 320 g/mol. The van der Waals surface area contributed by atoms with Crippen molar-refractivity contribution < 1.29 is 13.5 Å². The number of terminal acetylenes is 1. The highest BCUT2D eigenvalue weighted by Crippen LogP contribution is 2.30. The van der Waals surface area contributed by atoms with Crippen LogP contribution < -0.4 is 4.74 Å². The van der Waals surface area contributed by atoms with Gasteiger partial charge in [0, 0.05) is 11.1 Å². The highest BCUT2D eigenvalue weighted by molar-refractivity contribution is 5.66. The van der Waals surface area contributed by atoms with Gasteiger partial charge in [0.2, 0.25) is 5.82 Å². The third-order valence-corrected chi connectivity index (χ3v) is 3.65. The molecule has 0 amide bonds. The van der Waals surface area contributed by atoms with Gasteiger partial charge < -0.3 is 4.74 Å². The first kappa shape index (κ1) is 15.8. The fourth-order valence-corrected chi connectivity index (χ4v) is 2.35. The van der Waals surface area contributed by atoms with Crippen LogP contribution in [0.2, 0.25) is 0 Å². The van der Waals surface area contributed by atoms with Crippen LogP contribution in [0.5, 0.6) is 5.75 Å². The van der Waals surface area contributed by atoms with Crippen LogP contribution in [0.25, 0.3) is 11.1 Å². The van der Waals surface area contributed by atoms with Crippen molar-refractivity contribution in [2.75, 3.05) is 0 Å². The molecule has 0 aliphatic heterocycles. The van der Waals surface area contributed by atoms with E-state index in [0.29, 0.717) is 11.1 Å². The third kappa shape index (κ3) is 3.28. The lowest BCUT2D eigenvalue weighted by atomic mass is 10.0. The molecule has 24 heavy (non-hydrogen) atoms. The summed E-state index contributed by atoms with van der Waals surface area (Å²) in [6.45, 7) is 0.174. The second-order valence-electron chi connectivity index (χ2n) is 5.24. The van der Waals surface area contributed by atoms with Crippen molar-refractivity contribution in [2.24, 2.45) is 0 Å². The summed E-state index contributed by atoms with van der Waals surface area (Å²) < 4.78 is 34.0. The van der Waals surface area contributed by atoms with Gasteiger partial charge in [-0.25, -0.2) is 4.39 Å². The number of hydrogen-bond acceptors (Lipinski definition) is 1. The van der Waals surface area contributed by atoms with E-state index in [9.17, 15) is 8.78 Å². The number of halogens is 2. The molecule has 0 aliphatic rings. The summed E-state index contributed by atoms with van der Waals surface area (Å²) in [5.41, 5.74) is 2.29. The lowest BCUT2D eigenvalue weighted by Gasteiger charge is -2.11. The standard InChI is InChI=1S/C21H14F2O/c1-2-15-8-10-17(11-9-15)18-12-13-19(21(23)20(18)22)24-14-16-6-4-3-5-7-16/h1,3-13H,14H2. The fourth-order valence-electron chi connectivity index (χ4n) is 2.35. The largest absolute Gasteiger partial charge is 0.486 e. The lowest BCUT2D eigenvalue weighted by molar-refractivity contribution is 0.285. The molecule has 0 atom stereocenters. The van der Waals surface area contributed by atoms with E-state index < -0.39 is 11.6 Å². The Hall–Kier alpha value is -3.12. The van der Waals surface area contributed by atoms with Crippen molar-refractivity contribution in [3.05, 3.63) is 89.5 Å². The van der Waals surface area contributed by atoms with Gasteiger partial charge in [-0.2, -0.15) is 4.39 Å². The minimum Gasteiger partial charge on any atom is -0.486 e. The fraction of sp³-hybridized carbons (Fsp3) is 0.0476. The SMILES string of the molecule is C#Cc1ccc(-c2ccc(OCc3ccccc3)c(F)c2F)cc1. The van der Waals surface area contributed by atoms with Crippen LogP contribution in [0.3, 0.4) is 0 Å². The Morgan fingerprint density at radius 2 is 1.54 bits per heavy atom. The number of rotatable bonds is 4. The van der Waals surface area contributed by atoms with Crippen molar-refractivity contribution in [1.82, 2.24) is 0 Å². The maximum absolute atomic E-state index is 14.4. The van der Waals surface area contributed by atoms with Crippen molar-refractivity contribution in [3.63, 3.8) is 0 Å². The first-order chi connectivity index (χ1) is 11.7. The van der Waals surface area contributed by atoms with Crippen molar-refractivity contribution in [2.45, 2.75) is 6.61 Å². The van der Waals surface area contributed by atoms with E-state index in [-0.39, 0.29) is 17.9 Å². The van der Waals surface area contributed by atoms with Gasteiger partial charge in [0.05, 0.1) is 0 Å². The van der Waals surface area contributed by atoms with E-state index in [0.717, 1.165) is 5.56 Å².